The van der Waals surface area contributed by atoms with Crippen molar-refractivity contribution in [2.24, 2.45) is 0 Å². The largest absolute Gasteiger partial charge is 0.352 e. The standard InChI is InChI=1S/C51H32N6/c1-3-14-33(15-4-1)49-53-50(34-16-5-2-6-17-34)55-51(54-49)57-45-25-12-9-20-39(45)42-31-30-41-40-22-13-21-36(46(40)52-47(41)48(42)57)32-26-28-35(29-27-32)56-43-23-10-7-18-37(43)38-19-8-11-24-44(38)56/h1-31,52H. The van der Waals surface area contributed by atoms with Gasteiger partial charge in [-0.1, -0.05) is 158 Å². The van der Waals surface area contributed by atoms with Crippen molar-refractivity contribution < 1.29 is 0 Å². The molecule has 8 aromatic carbocycles. The van der Waals surface area contributed by atoms with Gasteiger partial charge in [-0.25, -0.2) is 4.98 Å². The molecule has 4 heterocycles. The molecule has 0 aliphatic heterocycles. The Hall–Kier alpha value is -7.83. The highest BCUT2D eigenvalue weighted by Crippen LogP contribution is 2.41. The van der Waals surface area contributed by atoms with Gasteiger partial charge in [0.15, 0.2) is 11.6 Å². The second-order valence-electron chi connectivity index (χ2n) is 14.5. The summed E-state index contributed by atoms with van der Waals surface area (Å²) in [5.74, 6) is 1.82. The van der Waals surface area contributed by atoms with E-state index in [0.717, 1.165) is 66.2 Å². The minimum Gasteiger partial charge on any atom is -0.352 e. The van der Waals surface area contributed by atoms with Crippen molar-refractivity contribution >= 4 is 65.4 Å². The third kappa shape index (κ3) is 4.81. The fourth-order valence-electron chi connectivity index (χ4n) is 8.78. The van der Waals surface area contributed by atoms with Crippen molar-refractivity contribution in [1.82, 2.24) is 29.1 Å². The number of hydrogen-bond acceptors (Lipinski definition) is 3. The predicted octanol–water partition coefficient (Wildman–Crippen LogP) is 12.7. The molecule has 0 saturated heterocycles. The maximum atomic E-state index is 5.19. The Morgan fingerprint density at radius 3 is 1.44 bits per heavy atom. The quantitative estimate of drug-likeness (QED) is 0.192. The van der Waals surface area contributed by atoms with Crippen molar-refractivity contribution in [1.29, 1.82) is 0 Å². The van der Waals surface area contributed by atoms with E-state index in [0.29, 0.717) is 17.6 Å². The number of para-hydroxylation sites is 4. The molecule has 12 aromatic rings. The summed E-state index contributed by atoms with van der Waals surface area (Å²) in [6, 6.07) is 66.1. The van der Waals surface area contributed by atoms with E-state index < -0.39 is 0 Å². The van der Waals surface area contributed by atoms with Gasteiger partial charge in [-0.05, 0) is 35.9 Å². The third-order valence-electron chi connectivity index (χ3n) is 11.3. The van der Waals surface area contributed by atoms with E-state index in [-0.39, 0.29) is 0 Å². The summed E-state index contributed by atoms with van der Waals surface area (Å²) < 4.78 is 4.57. The van der Waals surface area contributed by atoms with E-state index in [9.17, 15) is 0 Å². The molecule has 12 rings (SSSR count). The van der Waals surface area contributed by atoms with E-state index in [2.05, 4.69) is 142 Å². The van der Waals surface area contributed by atoms with Gasteiger partial charge in [-0.3, -0.25) is 4.57 Å². The zero-order chi connectivity index (χ0) is 37.5. The molecule has 0 spiro atoms. The van der Waals surface area contributed by atoms with Crippen LogP contribution in [0.4, 0.5) is 0 Å². The number of fused-ring (bicyclic) bond motifs is 10. The lowest BCUT2D eigenvalue weighted by Crippen LogP contribution is -2.06. The molecule has 0 aliphatic carbocycles. The first-order valence-electron chi connectivity index (χ1n) is 19.2. The second kappa shape index (κ2) is 12.3. The van der Waals surface area contributed by atoms with Gasteiger partial charge in [0.1, 0.15) is 0 Å². The summed E-state index contributed by atoms with van der Waals surface area (Å²) in [6.07, 6.45) is 0. The van der Waals surface area contributed by atoms with Crippen LogP contribution < -0.4 is 0 Å². The molecule has 0 bridgehead atoms. The van der Waals surface area contributed by atoms with E-state index >= 15 is 0 Å². The van der Waals surface area contributed by atoms with E-state index in [1.807, 2.05) is 60.7 Å². The minimum atomic E-state index is 0.570. The molecular weight excluding hydrogens is 697 g/mol. The molecule has 6 heteroatoms. The Morgan fingerprint density at radius 1 is 0.333 bits per heavy atom. The Morgan fingerprint density at radius 2 is 0.825 bits per heavy atom. The molecule has 0 fully saturated rings. The number of rotatable bonds is 5. The van der Waals surface area contributed by atoms with Crippen molar-refractivity contribution in [3.63, 3.8) is 0 Å². The van der Waals surface area contributed by atoms with E-state index in [1.165, 1.54) is 27.2 Å². The van der Waals surface area contributed by atoms with Crippen molar-refractivity contribution in [2.75, 3.05) is 0 Å². The summed E-state index contributed by atoms with van der Waals surface area (Å²) in [5.41, 5.74) is 11.9. The van der Waals surface area contributed by atoms with E-state index in [1.54, 1.807) is 0 Å². The average molecular weight is 729 g/mol. The molecule has 1 N–H and O–H groups in total. The molecule has 0 aliphatic rings. The van der Waals surface area contributed by atoms with Crippen LogP contribution in [-0.4, -0.2) is 29.1 Å². The van der Waals surface area contributed by atoms with Crippen LogP contribution in [0.1, 0.15) is 0 Å². The molecule has 0 saturated carbocycles. The fourth-order valence-corrected chi connectivity index (χ4v) is 8.78. The van der Waals surface area contributed by atoms with Crippen LogP contribution in [-0.2, 0) is 0 Å². The molecule has 57 heavy (non-hydrogen) atoms. The fraction of sp³-hybridized carbons (Fsp3) is 0. The lowest BCUT2D eigenvalue weighted by atomic mass is 10.0. The summed E-state index contributed by atoms with van der Waals surface area (Å²) in [4.78, 5) is 19.3. The van der Waals surface area contributed by atoms with Crippen molar-refractivity contribution in [3.8, 4) is 45.5 Å². The summed E-state index contributed by atoms with van der Waals surface area (Å²) in [6.45, 7) is 0. The van der Waals surface area contributed by atoms with Gasteiger partial charge in [-0.15, -0.1) is 0 Å². The number of aromatic amines is 1. The van der Waals surface area contributed by atoms with Crippen LogP contribution in [0.3, 0.4) is 0 Å². The summed E-state index contributed by atoms with van der Waals surface area (Å²) in [7, 11) is 0. The summed E-state index contributed by atoms with van der Waals surface area (Å²) >= 11 is 0. The molecule has 6 nitrogen and oxygen atoms in total. The molecule has 4 aromatic heterocycles. The number of nitrogens with one attached hydrogen (secondary N) is 1. The number of benzene rings is 8. The number of H-pyrrole nitrogens is 1. The molecule has 266 valence electrons. The Kier molecular flexibility index (Phi) is 6.83. The van der Waals surface area contributed by atoms with Gasteiger partial charge in [-0.2, -0.15) is 9.97 Å². The van der Waals surface area contributed by atoms with Gasteiger partial charge in [0.25, 0.3) is 0 Å². The average Bonchev–Trinajstić information content (AvgIpc) is 3.95. The first-order chi connectivity index (χ1) is 28.3. The van der Waals surface area contributed by atoms with Crippen LogP contribution in [0.5, 0.6) is 0 Å². The minimum absolute atomic E-state index is 0.570. The zero-order valence-corrected chi connectivity index (χ0v) is 30.6. The van der Waals surface area contributed by atoms with Gasteiger partial charge < -0.3 is 9.55 Å². The molecule has 0 radical (unpaired) electrons. The maximum absolute atomic E-state index is 5.19. The Bertz CT molecular complexity index is 3390. The van der Waals surface area contributed by atoms with Gasteiger partial charge in [0.05, 0.1) is 33.1 Å². The normalized spacial score (nSPS) is 11.9. The SMILES string of the molecule is c1ccc(-c2nc(-c3ccccc3)nc(-n3c4ccccc4c4ccc5c6cccc(-c7ccc(-n8c9ccccc9c9ccccc98)cc7)c6[nH]c5c43)n2)cc1. The van der Waals surface area contributed by atoms with Crippen LogP contribution >= 0.6 is 0 Å². The highest BCUT2D eigenvalue weighted by Gasteiger charge is 2.22. The van der Waals surface area contributed by atoms with Gasteiger partial charge in [0, 0.05) is 54.7 Å². The van der Waals surface area contributed by atoms with Crippen molar-refractivity contribution in [3.05, 3.63) is 188 Å². The lowest BCUT2D eigenvalue weighted by Gasteiger charge is -2.11. The highest BCUT2D eigenvalue weighted by atomic mass is 15.2. The van der Waals surface area contributed by atoms with Gasteiger partial charge >= 0.3 is 0 Å². The smallest absolute Gasteiger partial charge is 0.238 e. The number of aromatic nitrogens is 6. The molecule has 0 unspecified atom stereocenters. The third-order valence-corrected chi connectivity index (χ3v) is 11.3. The number of nitrogens with zero attached hydrogens (tertiary/aromatic N) is 5. The zero-order valence-electron chi connectivity index (χ0n) is 30.6. The molecule has 0 atom stereocenters. The molecule has 0 amide bonds. The van der Waals surface area contributed by atoms with Crippen LogP contribution in [0.2, 0.25) is 0 Å². The van der Waals surface area contributed by atoms with E-state index in [4.69, 9.17) is 15.0 Å². The van der Waals surface area contributed by atoms with Crippen molar-refractivity contribution in [2.45, 2.75) is 0 Å². The van der Waals surface area contributed by atoms with Crippen LogP contribution in [0.15, 0.2) is 188 Å². The maximum Gasteiger partial charge on any atom is 0.238 e. The number of hydrogen-bond donors (Lipinski definition) is 1. The topological polar surface area (TPSA) is 64.3 Å². The summed E-state index contributed by atoms with van der Waals surface area (Å²) in [5, 5.41) is 7.09. The van der Waals surface area contributed by atoms with Crippen LogP contribution in [0, 0.1) is 0 Å². The Labute approximate surface area is 327 Å². The van der Waals surface area contributed by atoms with Gasteiger partial charge in [0.2, 0.25) is 5.95 Å². The predicted molar refractivity (Wildman–Crippen MR) is 234 cm³/mol. The first-order valence-corrected chi connectivity index (χ1v) is 19.2. The lowest BCUT2D eigenvalue weighted by molar-refractivity contribution is 0.954. The van der Waals surface area contributed by atoms with Crippen LogP contribution in [0.25, 0.3) is 111 Å². The monoisotopic (exact) mass is 728 g/mol. The molecular formula is C51H32N6. The first kappa shape index (κ1) is 31.5. The highest BCUT2D eigenvalue weighted by molar-refractivity contribution is 6.24. The second-order valence-corrected chi connectivity index (χ2v) is 14.5. The Balaban J connectivity index is 1.07.